The van der Waals surface area contributed by atoms with Crippen LogP contribution in [0.4, 0.5) is 0 Å². The third-order valence-electron chi connectivity index (χ3n) is 4.19. The highest BCUT2D eigenvalue weighted by Gasteiger charge is 2.25. The van der Waals surface area contributed by atoms with Crippen molar-refractivity contribution >= 4 is 58.8 Å². The standard InChI is InChI=1S/C17H21ClN4O3S.HI/c1-19-17(20-11-12(23)14-4-5-15(18)26-14)22-8-6-21(7-9-22)16(24)13-3-2-10-25-13;/h2-5,10,12,23H,6-9,11H2,1H3,(H,19,20);1H. The predicted molar refractivity (Wildman–Crippen MR) is 117 cm³/mol. The van der Waals surface area contributed by atoms with Crippen molar-refractivity contribution in [2.24, 2.45) is 4.99 Å². The number of piperazine rings is 1. The summed E-state index contributed by atoms with van der Waals surface area (Å²) in [6.07, 6.45) is 0.854. The summed E-state index contributed by atoms with van der Waals surface area (Å²) in [6.45, 7) is 2.84. The van der Waals surface area contributed by atoms with E-state index in [1.165, 1.54) is 17.6 Å². The lowest BCUT2D eigenvalue weighted by molar-refractivity contribution is 0.0657. The van der Waals surface area contributed by atoms with E-state index >= 15 is 0 Å². The molecule has 0 radical (unpaired) electrons. The Morgan fingerprint density at radius 3 is 2.59 bits per heavy atom. The van der Waals surface area contributed by atoms with Crippen LogP contribution in [0.1, 0.15) is 21.5 Å². The highest BCUT2D eigenvalue weighted by Crippen LogP contribution is 2.26. The molecule has 2 aromatic rings. The summed E-state index contributed by atoms with van der Waals surface area (Å²) in [5.41, 5.74) is 0. The topological polar surface area (TPSA) is 81.3 Å². The Kier molecular flexibility index (Phi) is 8.39. The van der Waals surface area contributed by atoms with Gasteiger partial charge in [-0.2, -0.15) is 0 Å². The molecule has 0 bridgehead atoms. The van der Waals surface area contributed by atoms with E-state index in [1.807, 2.05) is 6.07 Å². The second kappa shape index (κ2) is 10.3. The number of guanidine groups is 1. The first kappa shape index (κ1) is 22.0. The van der Waals surface area contributed by atoms with Gasteiger partial charge in [0.05, 0.1) is 10.6 Å². The van der Waals surface area contributed by atoms with Gasteiger partial charge >= 0.3 is 0 Å². The number of aliphatic hydroxyl groups excluding tert-OH is 1. The van der Waals surface area contributed by atoms with E-state index in [0.29, 0.717) is 48.8 Å². The Hall–Kier alpha value is -1.30. The number of nitrogens with zero attached hydrogens (tertiary/aromatic N) is 3. The van der Waals surface area contributed by atoms with Crippen molar-refractivity contribution in [1.29, 1.82) is 0 Å². The quantitative estimate of drug-likeness (QED) is 0.365. The number of rotatable bonds is 4. The van der Waals surface area contributed by atoms with Crippen LogP contribution in [-0.4, -0.2) is 66.5 Å². The Morgan fingerprint density at radius 2 is 2.04 bits per heavy atom. The van der Waals surface area contributed by atoms with Gasteiger partial charge in [0.15, 0.2) is 11.7 Å². The number of nitrogens with one attached hydrogen (secondary N) is 1. The van der Waals surface area contributed by atoms with Crippen molar-refractivity contribution in [2.45, 2.75) is 6.10 Å². The van der Waals surface area contributed by atoms with Crippen LogP contribution in [-0.2, 0) is 0 Å². The molecule has 3 heterocycles. The summed E-state index contributed by atoms with van der Waals surface area (Å²) >= 11 is 7.27. The average Bonchev–Trinajstić information content (AvgIpc) is 3.34. The zero-order chi connectivity index (χ0) is 18.5. The van der Waals surface area contributed by atoms with Crippen LogP contribution in [0.25, 0.3) is 0 Å². The second-order valence-corrected chi connectivity index (χ2v) is 7.59. The van der Waals surface area contributed by atoms with Gasteiger partial charge in [-0.25, -0.2) is 0 Å². The monoisotopic (exact) mass is 524 g/mol. The second-order valence-electron chi connectivity index (χ2n) is 5.84. The molecule has 10 heteroatoms. The number of aliphatic hydroxyl groups is 1. The third-order valence-corrected chi connectivity index (χ3v) is 5.52. The number of aliphatic imine (C=N–C) groups is 1. The number of hydrogen-bond acceptors (Lipinski definition) is 5. The zero-order valence-corrected chi connectivity index (χ0v) is 18.7. The van der Waals surface area contributed by atoms with Gasteiger partial charge in [-0.05, 0) is 24.3 Å². The third kappa shape index (κ3) is 5.59. The minimum absolute atomic E-state index is 0. The lowest BCUT2D eigenvalue weighted by Gasteiger charge is -2.36. The zero-order valence-electron chi connectivity index (χ0n) is 14.8. The first-order valence-electron chi connectivity index (χ1n) is 8.30. The van der Waals surface area contributed by atoms with Crippen LogP contribution in [0.2, 0.25) is 4.34 Å². The molecule has 2 N–H and O–H groups in total. The minimum Gasteiger partial charge on any atom is -0.459 e. The van der Waals surface area contributed by atoms with Gasteiger partial charge in [0.2, 0.25) is 0 Å². The van der Waals surface area contributed by atoms with Gasteiger partial charge in [0, 0.05) is 44.6 Å². The van der Waals surface area contributed by atoms with E-state index in [9.17, 15) is 9.90 Å². The van der Waals surface area contributed by atoms with E-state index in [2.05, 4.69) is 15.2 Å². The summed E-state index contributed by atoms with van der Waals surface area (Å²) in [5.74, 6) is 0.970. The van der Waals surface area contributed by atoms with E-state index < -0.39 is 6.10 Å². The summed E-state index contributed by atoms with van der Waals surface area (Å²) in [7, 11) is 1.71. The molecular formula is C17H22ClIN4O3S. The van der Waals surface area contributed by atoms with E-state index in [-0.39, 0.29) is 29.9 Å². The molecule has 148 valence electrons. The fourth-order valence-electron chi connectivity index (χ4n) is 2.81. The van der Waals surface area contributed by atoms with Crippen LogP contribution < -0.4 is 5.32 Å². The largest absolute Gasteiger partial charge is 0.459 e. The smallest absolute Gasteiger partial charge is 0.289 e. The fourth-order valence-corrected chi connectivity index (χ4v) is 3.85. The maximum absolute atomic E-state index is 12.3. The van der Waals surface area contributed by atoms with Crippen LogP contribution >= 0.6 is 46.9 Å². The first-order chi connectivity index (χ1) is 12.6. The molecule has 1 aliphatic rings. The maximum Gasteiger partial charge on any atom is 0.289 e. The highest BCUT2D eigenvalue weighted by molar-refractivity contribution is 14.0. The normalized spacial score (nSPS) is 16.0. The van der Waals surface area contributed by atoms with Crippen LogP contribution in [0.3, 0.4) is 0 Å². The number of amides is 1. The molecule has 1 fully saturated rings. The van der Waals surface area contributed by atoms with Gasteiger partial charge in [-0.15, -0.1) is 35.3 Å². The molecule has 1 aliphatic heterocycles. The molecular weight excluding hydrogens is 503 g/mol. The Labute approximate surface area is 184 Å². The van der Waals surface area contributed by atoms with Crippen LogP contribution in [0.15, 0.2) is 39.9 Å². The van der Waals surface area contributed by atoms with E-state index in [0.717, 1.165) is 4.88 Å². The van der Waals surface area contributed by atoms with Crippen molar-refractivity contribution < 1.29 is 14.3 Å². The van der Waals surface area contributed by atoms with Crippen molar-refractivity contribution in [3.05, 3.63) is 45.5 Å². The minimum atomic E-state index is -0.647. The highest BCUT2D eigenvalue weighted by atomic mass is 127. The Balaban J connectivity index is 0.00000261. The van der Waals surface area contributed by atoms with E-state index in [4.69, 9.17) is 16.0 Å². The molecule has 1 amide bonds. The molecule has 2 aromatic heterocycles. The van der Waals surface area contributed by atoms with Crippen molar-refractivity contribution in [3.63, 3.8) is 0 Å². The SMILES string of the molecule is CN=C(NCC(O)c1ccc(Cl)s1)N1CCN(C(=O)c2ccco2)CC1.I. The Bertz CT molecular complexity index is 760. The molecule has 3 rings (SSSR count). The van der Waals surface area contributed by atoms with Gasteiger partial charge in [0.1, 0.15) is 6.10 Å². The first-order valence-corrected chi connectivity index (χ1v) is 9.49. The molecule has 1 saturated heterocycles. The molecule has 0 saturated carbocycles. The van der Waals surface area contributed by atoms with Crippen molar-refractivity contribution in [3.8, 4) is 0 Å². The van der Waals surface area contributed by atoms with Crippen molar-refractivity contribution in [1.82, 2.24) is 15.1 Å². The van der Waals surface area contributed by atoms with Gasteiger partial charge in [-0.1, -0.05) is 11.6 Å². The summed E-state index contributed by atoms with van der Waals surface area (Å²) < 4.78 is 5.83. The average molecular weight is 525 g/mol. The number of thiophene rings is 1. The number of carbonyl (C=O) groups is 1. The van der Waals surface area contributed by atoms with Gasteiger partial charge in [-0.3, -0.25) is 9.79 Å². The summed E-state index contributed by atoms with van der Waals surface area (Å²) in [6, 6.07) is 6.98. The van der Waals surface area contributed by atoms with Gasteiger partial charge in [0.25, 0.3) is 5.91 Å². The lowest BCUT2D eigenvalue weighted by atomic mass is 10.2. The summed E-state index contributed by atoms with van der Waals surface area (Å²) in [4.78, 5) is 21.2. The lowest BCUT2D eigenvalue weighted by Crippen LogP contribution is -2.54. The molecule has 0 aromatic carbocycles. The van der Waals surface area contributed by atoms with Gasteiger partial charge < -0.3 is 24.6 Å². The molecule has 0 spiro atoms. The molecule has 0 aliphatic carbocycles. The fraction of sp³-hybridized carbons (Fsp3) is 0.412. The number of carbonyl (C=O) groups excluding carboxylic acids is 1. The predicted octanol–water partition coefficient (Wildman–Crippen LogP) is 2.68. The molecule has 1 unspecified atom stereocenters. The number of hydrogen-bond donors (Lipinski definition) is 2. The summed E-state index contributed by atoms with van der Waals surface area (Å²) in [5, 5.41) is 13.4. The Morgan fingerprint density at radius 1 is 1.33 bits per heavy atom. The van der Waals surface area contributed by atoms with Crippen LogP contribution in [0, 0.1) is 0 Å². The van der Waals surface area contributed by atoms with E-state index in [1.54, 1.807) is 30.1 Å². The number of furan rings is 1. The number of halogens is 2. The molecule has 27 heavy (non-hydrogen) atoms. The van der Waals surface area contributed by atoms with Crippen molar-refractivity contribution in [2.75, 3.05) is 39.8 Å². The molecule has 1 atom stereocenters. The molecule has 7 nitrogen and oxygen atoms in total. The van der Waals surface area contributed by atoms with Crippen LogP contribution in [0.5, 0.6) is 0 Å². The maximum atomic E-state index is 12.3.